The van der Waals surface area contributed by atoms with Gasteiger partial charge in [0.25, 0.3) is 0 Å². The molecule has 0 saturated carbocycles. The van der Waals surface area contributed by atoms with Crippen molar-refractivity contribution in [3.8, 4) is 0 Å². The number of sulfonamides is 1. The Kier molecular flexibility index (Phi) is 5.86. The van der Waals surface area contributed by atoms with Gasteiger partial charge in [0.2, 0.25) is 10.0 Å². The standard InChI is InChI=1S/C13H19N3O4S/c1-9(2)16-13(18)12(17)15-8-7-10-3-5-11(6-4-10)21(14,19)20/h3-6,9H,7-8H2,1-2H3,(H,15,17)(H,16,18)(H2,14,19,20). The van der Waals surface area contributed by atoms with Gasteiger partial charge in [-0.05, 0) is 38.0 Å². The Morgan fingerprint density at radius 3 is 2.19 bits per heavy atom. The van der Waals surface area contributed by atoms with E-state index in [4.69, 9.17) is 5.14 Å². The highest BCUT2D eigenvalue weighted by Gasteiger charge is 2.13. The lowest BCUT2D eigenvalue weighted by Gasteiger charge is -2.08. The van der Waals surface area contributed by atoms with Crippen molar-refractivity contribution in [1.82, 2.24) is 10.6 Å². The predicted molar refractivity (Wildman–Crippen MR) is 77.8 cm³/mol. The van der Waals surface area contributed by atoms with Crippen LogP contribution in [0.2, 0.25) is 0 Å². The van der Waals surface area contributed by atoms with E-state index in [1.807, 2.05) is 0 Å². The van der Waals surface area contributed by atoms with Crippen molar-refractivity contribution in [3.05, 3.63) is 29.8 Å². The average Bonchev–Trinajstić information content (AvgIpc) is 2.37. The predicted octanol–water partition coefficient (Wildman–Crippen LogP) is -0.483. The molecule has 0 aliphatic carbocycles. The maximum Gasteiger partial charge on any atom is 0.309 e. The summed E-state index contributed by atoms with van der Waals surface area (Å²) in [5.74, 6) is -1.36. The van der Waals surface area contributed by atoms with Crippen LogP contribution in [0.5, 0.6) is 0 Å². The Hall–Kier alpha value is -1.93. The van der Waals surface area contributed by atoms with Crippen LogP contribution in [0.3, 0.4) is 0 Å². The third-order valence-electron chi connectivity index (χ3n) is 2.58. The maximum absolute atomic E-state index is 11.4. The summed E-state index contributed by atoms with van der Waals surface area (Å²) in [5.41, 5.74) is 0.826. The summed E-state index contributed by atoms with van der Waals surface area (Å²) in [5, 5.41) is 9.96. The molecule has 0 saturated heterocycles. The third-order valence-corrected chi connectivity index (χ3v) is 3.51. The van der Waals surface area contributed by atoms with E-state index in [1.165, 1.54) is 12.1 Å². The highest BCUT2D eigenvalue weighted by Crippen LogP contribution is 2.08. The Bertz CT molecular complexity index is 609. The molecule has 1 aromatic rings. The third kappa shape index (κ3) is 5.92. The van der Waals surface area contributed by atoms with Gasteiger partial charge < -0.3 is 10.6 Å². The monoisotopic (exact) mass is 313 g/mol. The molecule has 0 aliphatic rings. The Labute approximate surface area is 124 Å². The van der Waals surface area contributed by atoms with E-state index in [0.29, 0.717) is 6.42 Å². The molecule has 4 N–H and O–H groups in total. The second-order valence-corrected chi connectivity index (χ2v) is 6.38. The van der Waals surface area contributed by atoms with Crippen molar-refractivity contribution in [2.24, 2.45) is 5.14 Å². The summed E-state index contributed by atoms with van der Waals surface area (Å²) in [6.07, 6.45) is 0.478. The summed E-state index contributed by atoms with van der Waals surface area (Å²) in [7, 11) is -3.70. The second-order valence-electron chi connectivity index (χ2n) is 4.82. The SMILES string of the molecule is CC(C)NC(=O)C(=O)NCCc1ccc(S(N)(=O)=O)cc1. The molecule has 0 atom stereocenters. The fourth-order valence-corrected chi connectivity index (χ4v) is 2.09. The molecule has 0 spiro atoms. The maximum atomic E-state index is 11.4. The van der Waals surface area contributed by atoms with E-state index in [9.17, 15) is 18.0 Å². The molecule has 0 unspecified atom stereocenters. The van der Waals surface area contributed by atoms with Gasteiger partial charge in [-0.1, -0.05) is 12.1 Å². The smallest absolute Gasteiger partial charge is 0.309 e. The van der Waals surface area contributed by atoms with Crippen LogP contribution in [0, 0.1) is 0 Å². The molecule has 7 nitrogen and oxygen atoms in total. The number of amides is 2. The molecule has 0 heterocycles. The van der Waals surface area contributed by atoms with Crippen LogP contribution in [-0.2, 0) is 26.0 Å². The summed E-state index contributed by atoms with van der Waals surface area (Å²) in [6.45, 7) is 3.80. The number of hydrogen-bond donors (Lipinski definition) is 3. The van der Waals surface area contributed by atoms with Gasteiger partial charge in [-0.3, -0.25) is 9.59 Å². The zero-order valence-electron chi connectivity index (χ0n) is 11.9. The van der Waals surface area contributed by atoms with Crippen LogP contribution in [0.15, 0.2) is 29.2 Å². The number of benzene rings is 1. The molecule has 0 radical (unpaired) electrons. The Balaban J connectivity index is 2.46. The number of hydrogen-bond acceptors (Lipinski definition) is 4. The van der Waals surface area contributed by atoms with Gasteiger partial charge in [-0.2, -0.15) is 0 Å². The van der Waals surface area contributed by atoms with Crippen molar-refractivity contribution in [1.29, 1.82) is 0 Å². The molecule has 8 heteroatoms. The molecule has 2 amide bonds. The number of nitrogens with two attached hydrogens (primary N) is 1. The van der Waals surface area contributed by atoms with Gasteiger partial charge in [0.05, 0.1) is 4.90 Å². The molecule has 0 aliphatic heterocycles. The van der Waals surface area contributed by atoms with Gasteiger partial charge >= 0.3 is 11.8 Å². The van der Waals surface area contributed by atoms with Crippen LogP contribution in [-0.4, -0.2) is 32.8 Å². The topological polar surface area (TPSA) is 118 Å². The molecule has 0 bridgehead atoms. The molecule has 21 heavy (non-hydrogen) atoms. The molecular weight excluding hydrogens is 294 g/mol. The molecule has 116 valence electrons. The highest BCUT2D eigenvalue weighted by atomic mass is 32.2. The number of carbonyl (C=O) groups excluding carboxylic acids is 2. The highest BCUT2D eigenvalue weighted by molar-refractivity contribution is 7.89. The zero-order valence-corrected chi connectivity index (χ0v) is 12.7. The number of primary sulfonamides is 1. The van der Waals surface area contributed by atoms with Crippen LogP contribution >= 0.6 is 0 Å². The summed E-state index contributed by atoms with van der Waals surface area (Å²) in [6, 6.07) is 5.92. The van der Waals surface area contributed by atoms with Crippen molar-refractivity contribution < 1.29 is 18.0 Å². The van der Waals surface area contributed by atoms with E-state index < -0.39 is 21.8 Å². The summed E-state index contributed by atoms with van der Waals surface area (Å²) < 4.78 is 22.2. The minimum Gasteiger partial charge on any atom is -0.348 e. The fourth-order valence-electron chi connectivity index (χ4n) is 1.57. The molecule has 0 fully saturated rings. The molecule has 1 rings (SSSR count). The minimum atomic E-state index is -3.70. The first-order chi connectivity index (χ1) is 9.70. The Morgan fingerprint density at radius 2 is 1.71 bits per heavy atom. The summed E-state index contributed by atoms with van der Waals surface area (Å²) >= 11 is 0. The van der Waals surface area contributed by atoms with E-state index in [1.54, 1.807) is 26.0 Å². The minimum absolute atomic E-state index is 0.0339. The lowest BCUT2D eigenvalue weighted by molar-refractivity contribution is -0.139. The molecule has 1 aromatic carbocycles. The van der Waals surface area contributed by atoms with Gasteiger partial charge in [0.15, 0.2) is 0 Å². The second kappa shape index (κ2) is 7.19. The van der Waals surface area contributed by atoms with Crippen LogP contribution in [0.1, 0.15) is 19.4 Å². The first-order valence-electron chi connectivity index (χ1n) is 6.40. The first-order valence-corrected chi connectivity index (χ1v) is 7.95. The van der Waals surface area contributed by atoms with Crippen LogP contribution < -0.4 is 15.8 Å². The lowest BCUT2D eigenvalue weighted by Crippen LogP contribution is -2.43. The van der Waals surface area contributed by atoms with E-state index >= 15 is 0 Å². The largest absolute Gasteiger partial charge is 0.348 e. The van der Waals surface area contributed by atoms with Gasteiger partial charge in [0.1, 0.15) is 0 Å². The van der Waals surface area contributed by atoms with Crippen molar-refractivity contribution in [3.63, 3.8) is 0 Å². The van der Waals surface area contributed by atoms with Gasteiger partial charge in [-0.15, -0.1) is 0 Å². The van der Waals surface area contributed by atoms with Crippen LogP contribution in [0.4, 0.5) is 0 Å². The molecule has 0 aromatic heterocycles. The van der Waals surface area contributed by atoms with Crippen molar-refractivity contribution >= 4 is 21.8 Å². The zero-order chi connectivity index (χ0) is 16.0. The van der Waals surface area contributed by atoms with Gasteiger partial charge in [0, 0.05) is 12.6 Å². The quantitative estimate of drug-likeness (QED) is 0.636. The van der Waals surface area contributed by atoms with Crippen molar-refractivity contribution in [2.75, 3.05) is 6.54 Å². The van der Waals surface area contributed by atoms with Gasteiger partial charge in [-0.25, -0.2) is 13.6 Å². The van der Waals surface area contributed by atoms with E-state index in [0.717, 1.165) is 5.56 Å². The number of rotatable bonds is 5. The van der Waals surface area contributed by atoms with E-state index in [2.05, 4.69) is 10.6 Å². The lowest BCUT2D eigenvalue weighted by atomic mass is 10.1. The van der Waals surface area contributed by atoms with Crippen molar-refractivity contribution in [2.45, 2.75) is 31.2 Å². The number of nitrogens with one attached hydrogen (secondary N) is 2. The first kappa shape index (κ1) is 17.1. The molecular formula is C13H19N3O4S. The van der Waals surface area contributed by atoms with Crippen LogP contribution in [0.25, 0.3) is 0 Å². The summed E-state index contributed by atoms with van der Waals surface area (Å²) in [4.78, 5) is 22.8. The Morgan fingerprint density at radius 1 is 1.14 bits per heavy atom. The average molecular weight is 313 g/mol. The number of carbonyl (C=O) groups is 2. The fraction of sp³-hybridized carbons (Fsp3) is 0.385. The normalized spacial score (nSPS) is 11.2. The van der Waals surface area contributed by atoms with E-state index in [-0.39, 0.29) is 17.5 Å².